The molecule has 1 heterocycles. The zero-order valence-electron chi connectivity index (χ0n) is 17.2. The summed E-state index contributed by atoms with van der Waals surface area (Å²) in [6.45, 7) is 5.73. The number of aryl methyl sites for hydroxylation is 3. The second kappa shape index (κ2) is 9.32. The molecule has 3 aromatic rings. The molecule has 156 valence electrons. The van der Waals surface area contributed by atoms with Gasteiger partial charge in [-0.1, -0.05) is 41.9 Å². The fourth-order valence-corrected chi connectivity index (χ4v) is 4.31. The molecule has 1 N–H and O–H groups in total. The molecule has 0 saturated heterocycles. The number of benzene rings is 2. The van der Waals surface area contributed by atoms with Crippen LogP contribution in [0.15, 0.2) is 42.5 Å². The number of thiophene rings is 1. The standard InChI is InChI=1S/C23H22ClNO4S/c1-13-9-10-16(11-14(13)2)20-15(3)30-22(21(20)23(27)28-4)25-19(26)12-29-18-8-6-5-7-17(18)24/h5-11H,12H2,1-4H3,(H,25,26). The lowest BCUT2D eigenvalue weighted by atomic mass is 9.97. The first-order chi connectivity index (χ1) is 14.3. The number of hydrogen-bond donors (Lipinski definition) is 1. The highest BCUT2D eigenvalue weighted by Crippen LogP contribution is 2.40. The van der Waals surface area contributed by atoms with Gasteiger partial charge in [-0.25, -0.2) is 4.79 Å². The molecule has 0 atom stereocenters. The minimum Gasteiger partial charge on any atom is -0.482 e. The maximum absolute atomic E-state index is 12.6. The Kier molecular flexibility index (Phi) is 6.80. The molecule has 0 aliphatic heterocycles. The molecule has 3 rings (SSSR count). The van der Waals surface area contributed by atoms with Gasteiger partial charge in [-0.05, 0) is 49.6 Å². The van der Waals surface area contributed by atoms with Crippen LogP contribution in [0.1, 0.15) is 26.4 Å². The second-order valence-corrected chi connectivity index (χ2v) is 8.43. The van der Waals surface area contributed by atoms with Crippen molar-refractivity contribution >= 4 is 39.8 Å². The lowest BCUT2D eigenvalue weighted by molar-refractivity contribution is -0.118. The summed E-state index contributed by atoms with van der Waals surface area (Å²) >= 11 is 7.38. The third-order valence-corrected chi connectivity index (χ3v) is 6.05. The number of anilines is 1. The summed E-state index contributed by atoms with van der Waals surface area (Å²) in [5.74, 6) is -0.483. The highest BCUT2D eigenvalue weighted by Gasteiger charge is 2.25. The van der Waals surface area contributed by atoms with Crippen molar-refractivity contribution in [2.45, 2.75) is 20.8 Å². The first-order valence-corrected chi connectivity index (χ1v) is 10.5. The highest BCUT2D eigenvalue weighted by atomic mass is 35.5. The number of carbonyl (C=O) groups is 2. The summed E-state index contributed by atoms with van der Waals surface area (Å²) < 4.78 is 10.5. The molecule has 0 fully saturated rings. The zero-order valence-corrected chi connectivity index (χ0v) is 18.7. The summed E-state index contributed by atoms with van der Waals surface area (Å²) in [7, 11) is 1.33. The zero-order chi connectivity index (χ0) is 21.8. The van der Waals surface area contributed by atoms with Crippen LogP contribution in [0.2, 0.25) is 5.02 Å². The van der Waals surface area contributed by atoms with E-state index in [0.29, 0.717) is 21.3 Å². The SMILES string of the molecule is COC(=O)c1c(NC(=O)COc2ccccc2Cl)sc(C)c1-c1ccc(C)c(C)c1. The Bertz CT molecular complexity index is 1110. The molecule has 1 aromatic heterocycles. The number of esters is 1. The third kappa shape index (κ3) is 4.66. The number of ether oxygens (including phenoxy) is 2. The molecular formula is C23H22ClNO4S. The van der Waals surface area contributed by atoms with Gasteiger partial charge in [-0.15, -0.1) is 11.3 Å². The molecule has 7 heteroatoms. The van der Waals surface area contributed by atoms with Crippen LogP contribution in [0.5, 0.6) is 5.75 Å². The Balaban J connectivity index is 1.89. The van der Waals surface area contributed by atoms with Crippen molar-refractivity contribution in [2.24, 2.45) is 0 Å². The van der Waals surface area contributed by atoms with Gasteiger partial charge in [-0.3, -0.25) is 4.79 Å². The highest BCUT2D eigenvalue weighted by molar-refractivity contribution is 7.17. The summed E-state index contributed by atoms with van der Waals surface area (Å²) in [4.78, 5) is 26.0. The Labute approximate surface area is 184 Å². The number of methoxy groups -OCH3 is 1. The lowest BCUT2D eigenvalue weighted by Gasteiger charge is -2.10. The van der Waals surface area contributed by atoms with Gasteiger partial charge >= 0.3 is 5.97 Å². The van der Waals surface area contributed by atoms with E-state index in [4.69, 9.17) is 21.1 Å². The molecule has 5 nitrogen and oxygen atoms in total. The first-order valence-electron chi connectivity index (χ1n) is 9.28. The van der Waals surface area contributed by atoms with Crippen molar-refractivity contribution in [3.8, 4) is 16.9 Å². The predicted octanol–water partition coefficient (Wildman–Crippen LogP) is 5.80. The van der Waals surface area contributed by atoms with Crippen molar-refractivity contribution < 1.29 is 19.1 Å². The number of para-hydroxylation sites is 1. The number of halogens is 1. The Hall–Kier alpha value is -2.83. The van der Waals surface area contributed by atoms with Gasteiger partial charge in [-0.2, -0.15) is 0 Å². The molecule has 2 aromatic carbocycles. The van der Waals surface area contributed by atoms with Crippen molar-refractivity contribution in [3.63, 3.8) is 0 Å². The van der Waals surface area contributed by atoms with Gasteiger partial charge in [0, 0.05) is 10.4 Å². The number of carbonyl (C=O) groups excluding carboxylic acids is 2. The monoisotopic (exact) mass is 443 g/mol. The van der Waals surface area contributed by atoms with Crippen molar-refractivity contribution in [2.75, 3.05) is 19.0 Å². The van der Waals surface area contributed by atoms with Gasteiger partial charge in [0.05, 0.1) is 12.1 Å². The quantitative estimate of drug-likeness (QED) is 0.489. The molecule has 0 radical (unpaired) electrons. The number of amides is 1. The first kappa shape index (κ1) is 21.9. The van der Waals surface area contributed by atoms with Crippen LogP contribution >= 0.6 is 22.9 Å². The Morgan fingerprint density at radius 2 is 1.80 bits per heavy atom. The van der Waals surface area contributed by atoms with E-state index in [2.05, 4.69) is 5.32 Å². The van der Waals surface area contributed by atoms with Crippen LogP contribution in [-0.4, -0.2) is 25.6 Å². The molecule has 0 unspecified atom stereocenters. The van der Waals surface area contributed by atoms with Crippen LogP contribution in [0.25, 0.3) is 11.1 Å². The van der Waals surface area contributed by atoms with Crippen LogP contribution in [0, 0.1) is 20.8 Å². The van der Waals surface area contributed by atoms with Gasteiger partial charge in [0.2, 0.25) is 0 Å². The fraction of sp³-hybridized carbons (Fsp3) is 0.217. The van der Waals surface area contributed by atoms with E-state index in [9.17, 15) is 9.59 Å². The number of rotatable bonds is 6. The molecule has 0 spiro atoms. The fourth-order valence-electron chi connectivity index (χ4n) is 3.04. The molecule has 0 bridgehead atoms. The molecule has 0 saturated carbocycles. The largest absolute Gasteiger partial charge is 0.482 e. The smallest absolute Gasteiger partial charge is 0.341 e. The van der Waals surface area contributed by atoms with E-state index in [0.717, 1.165) is 27.1 Å². The minimum atomic E-state index is -0.505. The van der Waals surface area contributed by atoms with Gasteiger partial charge in [0.15, 0.2) is 6.61 Å². The van der Waals surface area contributed by atoms with Crippen LogP contribution in [0.4, 0.5) is 5.00 Å². The number of nitrogens with one attached hydrogen (secondary N) is 1. The van der Waals surface area contributed by atoms with E-state index in [1.165, 1.54) is 18.4 Å². The third-order valence-electron chi connectivity index (χ3n) is 4.72. The summed E-state index contributed by atoms with van der Waals surface area (Å²) in [5, 5.41) is 3.63. The normalized spacial score (nSPS) is 10.6. The van der Waals surface area contributed by atoms with E-state index in [-0.39, 0.29) is 6.61 Å². The van der Waals surface area contributed by atoms with Crippen molar-refractivity contribution in [1.29, 1.82) is 0 Å². The second-order valence-electron chi connectivity index (χ2n) is 6.80. The van der Waals surface area contributed by atoms with Crippen LogP contribution in [0.3, 0.4) is 0 Å². The van der Waals surface area contributed by atoms with Crippen LogP contribution in [-0.2, 0) is 9.53 Å². The molecule has 0 aliphatic carbocycles. The average molecular weight is 444 g/mol. The van der Waals surface area contributed by atoms with Gasteiger partial charge < -0.3 is 14.8 Å². The molecular weight excluding hydrogens is 422 g/mol. The Morgan fingerprint density at radius 3 is 2.47 bits per heavy atom. The predicted molar refractivity (Wildman–Crippen MR) is 121 cm³/mol. The van der Waals surface area contributed by atoms with Gasteiger partial charge in [0.1, 0.15) is 16.3 Å². The van der Waals surface area contributed by atoms with E-state index in [1.807, 2.05) is 39.0 Å². The molecule has 30 heavy (non-hydrogen) atoms. The van der Waals surface area contributed by atoms with Crippen molar-refractivity contribution in [3.05, 3.63) is 69.1 Å². The van der Waals surface area contributed by atoms with Crippen LogP contribution < -0.4 is 10.1 Å². The maximum atomic E-state index is 12.6. The van der Waals surface area contributed by atoms with E-state index < -0.39 is 11.9 Å². The maximum Gasteiger partial charge on any atom is 0.341 e. The minimum absolute atomic E-state index is 0.236. The summed E-state index contributed by atoms with van der Waals surface area (Å²) in [6.07, 6.45) is 0. The topological polar surface area (TPSA) is 64.6 Å². The summed E-state index contributed by atoms with van der Waals surface area (Å²) in [6, 6.07) is 12.9. The molecule has 0 aliphatic rings. The Morgan fingerprint density at radius 1 is 1.07 bits per heavy atom. The van der Waals surface area contributed by atoms with E-state index in [1.54, 1.807) is 24.3 Å². The van der Waals surface area contributed by atoms with Gasteiger partial charge in [0.25, 0.3) is 5.91 Å². The average Bonchev–Trinajstić information content (AvgIpc) is 3.04. The summed E-state index contributed by atoms with van der Waals surface area (Å²) in [5.41, 5.74) is 4.29. The lowest BCUT2D eigenvalue weighted by Crippen LogP contribution is -2.21. The van der Waals surface area contributed by atoms with Crippen molar-refractivity contribution in [1.82, 2.24) is 0 Å². The molecule has 1 amide bonds. The van der Waals surface area contributed by atoms with E-state index >= 15 is 0 Å². The number of hydrogen-bond acceptors (Lipinski definition) is 5.